The molecule has 0 saturated carbocycles. The molecule has 0 unspecified atom stereocenters. The fraction of sp³-hybridized carbons (Fsp3) is 0.875. The van der Waals surface area contributed by atoms with Gasteiger partial charge >= 0.3 is 0 Å². The quantitative estimate of drug-likeness (QED) is 0.577. The first-order valence-electron chi connectivity index (χ1n) is 7.66. The second-order valence-electron chi connectivity index (χ2n) is 5.30. The van der Waals surface area contributed by atoms with Crippen molar-refractivity contribution in [3.63, 3.8) is 0 Å². The minimum Gasteiger partial charge on any atom is -0.501 e. The number of allylic oxidation sites excluding steroid dienone is 2. The summed E-state index contributed by atoms with van der Waals surface area (Å²) in [5.74, 6) is 1.22. The van der Waals surface area contributed by atoms with Crippen LogP contribution >= 0.6 is 0 Å². The van der Waals surface area contributed by atoms with Crippen LogP contribution in [0.1, 0.15) is 83.5 Å². The first-order valence-corrected chi connectivity index (χ1v) is 7.66. The molecule has 1 aliphatic rings. The van der Waals surface area contributed by atoms with Crippen LogP contribution in [0.4, 0.5) is 0 Å². The molecule has 0 aromatic heterocycles. The average Bonchev–Trinajstić information content (AvgIpc) is 2.36. The van der Waals surface area contributed by atoms with Gasteiger partial charge in [0.2, 0.25) is 0 Å². The summed E-state index contributed by atoms with van der Waals surface area (Å²) in [7, 11) is 1.82. The molecule has 0 aromatic rings. The summed E-state index contributed by atoms with van der Waals surface area (Å²) in [6.07, 6.45) is 20.2. The Morgan fingerprint density at radius 2 is 1.18 bits per heavy atom. The van der Waals surface area contributed by atoms with Gasteiger partial charge in [0.25, 0.3) is 0 Å². The predicted molar refractivity (Wildman–Crippen MR) is 75.1 cm³/mol. The molecule has 0 aromatic carbocycles. The van der Waals surface area contributed by atoms with Crippen LogP contribution < -0.4 is 0 Å². The highest BCUT2D eigenvalue weighted by Crippen LogP contribution is 2.16. The molecule has 0 aliphatic heterocycles. The topological polar surface area (TPSA) is 9.23 Å². The Kier molecular flexibility index (Phi) is 9.17. The zero-order valence-electron chi connectivity index (χ0n) is 11.7. The van der Waals surface area contributed by atoms with Crippen molar-refractivity contribution in [3.8, 4) is 0 Å². The number of hydrogen-bond acceptors (Lipinski definition) is 1. The van der Waals surface area contributed by atoms with Crippen molar-refractivity contribution in [2.75, 3.05) is 7.11 Å². The molecule has 1 heteroatoms. The van der Waals surface area contributed by atoms with E-state index in [9.17, 15) is 0 Å². The maximum atomic E-state index is 5.44. The van der Waals surface area contributed by atoms with E-state index in [1.165, 1.54) is 82.8 Å². The Balaban J connectivity index is 2.25. The first kappa shape index (κ1) is 14.6. The minimum atomic E-state index is 1.15. The molecule has 0 atom stereocenters. The van der Waals surface area contributed by atoms with Gasteiger partial charge in [-0.15, -0.1) is 0 Å². The highest BCUT2D eigenvalue weighted by Gasteiger charge is 1.99. The lowest BCUT2D eigenvalue weighted by Crippen LogP contribution is -1.88. The third kappa shape index (κ3) is 8.29. The Morgan fingerprint density at radius 3 is 1.71 bits per heavy atom. The molecule has 0 fully saturated rings. The van der Waals surface area contributed by atoms with Crippen LogP contribution in [0.5, 0.6) is 0 Å². The molecule has 0 bridgehead atoms. The van der Waals surface area contributed by atoms with E-state index in [0.29, 0.717) is 0 Å². The van der Waals surface area contributed by atoms with Gasteiger partial charge in [0.15, 0.2) is 0 Å². The zero-order chi connectivity index (χ0) is 12.2. The summed E-state index contributed by atoms with van der Waals surface area (Å²) in [5.41, 5.74) is 0. The second-order valence-corrected chi connectivity index (χ2v) is 5.30. The van der Waals surface area contributed by atoms with Gasteiger partial charge in [-0.2, -0.15) is 0 Å². The van der Waals surface area contributed by atoms with E-state index in [4.69, 9.17) is 4.74 Å². The Bertz CT molecular complexity index is 196. The summed E-state index contributed by atoms with van der Waals surface area (Å²) in [6.45, 7) is 0. The molecule has 1 aliphatic carbocycles. The fourth-order valence-electron chi connectivity index (χ4n) is 2.59. The molecule has 0 amide bonds. The zero-order valence-corrected chi connectivity index (χ0v) is 11.7. The molecule has 0 N–H and O–H groups in total. The summed E-state index contributed by atoms with van der Waals surface area (Å²) < 4.78 is 5.44. The summed E-state index contributed by atoms with van der Waals surface area (Å²) >= 11 is 0. The van der Waals surface area contributed by atoms with Crippen molar-refractivity contribution in [2.24, 2.45) is 0 Å². The Morgan fingerprint density at radius 1 is 0.706 bits per heavy atom. The predicted octanol–water partition coefficient (Wildman–Crippen LogP) is 5.60. The molecule has 1 rings (SSSR count). The van der Waals surface area contributed by atoms with Crippen LogP contribution in [-0.4, -0.2) is 7.11 Å². The largest absolute Gasteiger partial charge is 0.501 e. The van der Waals surface area contributed by atoms with Gasteiger partial charge in [0.1, 0.15) is 0 Å². The van der Waals surface area contributed by atoms with E-state index < -0.39 is 0 Å². The molecule has 17 heavy (non-hydrogen) atoms. The van der Waals surface area contributed by atoms with Crippen molar-refractivity contribution in [1.29, 1.82) is 0 Å². The van der Waals surface area contributed by atoms with E-state index in [-0.39, 0.29) is 0 Å². The second kappa shape index (κ2) is 10.7. The first-order chi connectivity index (χ1) is 8.43. The number of methoxy groups -OCH3 is 1. The molecule has 0 radical (unpaired) electrons. The van der Waals surface area contributed by atoms with Gasteiger partial charge in [0, 0.05) is 6.42 Å². The summed E-state index contributed by atoms with van der Waals surface area (Å²) in [6, 6.07) is 0. The maximum absolute atomic E-state index is 5.44. The van der Waals surface area contributed by atoms with Crippen LogP contribution in [-0.2, 0) is 4.74 Å². The lowest BCUT2D eigenvalue weighted by molar-refractivity contribution is 0.271. The smallest absolute Gasteiger partial charge is 0.0915 e. The normalized spacial score (nSPS) is 25.1. The molecular weight excluding hydrogens is 208 g/mol. The van der Waals surface area contributed by atoms with Gasteiger partial charge in [-0.1, -0.05) is 57.8 Å². The highest BCUT2D eigenvalue weighted by molar-refractivity contribution is 4.92. The van der Waals surface area contributed by atoms with Crippen LogP contribution in [0.3, 0.4) is 0 Å². The van der Waals surface area contributed by atoms with Crippen molar-refractivity contribution >= 4 is 0 Å². The van der Waals surface area contributed by atoms with Crippen LogP contribution in [0.2, 0.25) is 0 Å². The van der Waals surface area contributed by atoms with Crippen molar-refractivity contribution in [3.05, 3.63) is 11.8 Å². The van der Waals surface area contributed by atoms with E-state index in [1.807, 2.05) is 7.11 Å². The molecule has 0 heterocycles. The molecule has 100 valence electrons. The van der Waals surface area contributed by atoms with E-state index in [1.54, 1.807) is 0 Å². The summed E-state index contributed by atoms with van der Waals surface area (Å²) in [5, 5.41) is 0. The molecule has 1 nitrogen and oxygen atoms in total. The lowest BCUT2D eigenvalue weighted by Gasteiger charge is -2.06. The fourth-order valence-corrected chi connectivity index (χ4v) is 2.59. The minimum absolute atomic E-state index is 1.15. The van der Waals surface area contributed by atoms with Crippen LogP contribution in [0.25, 0.3) is 0 Å². The van der Waals surface area contributed by atoms with Gasteiger partial charge < -0.3 is 4.74 Å². The molecular formula is C16H30O. The number of rotatable bonds is 1. The van der Waals surface area contributed by atoms with Gasteiger partial charge in [-0.05, 0) is 25.3 Å². The van der Waals surface area contributed by atoms with Crippen LogP contribution in [0.15, 0.2) is 11.8 Å². The van der Waals surface area contributed by atoms with Gasteiger partial charge in [-0.25, -0.2) is 0 Å². The van der Waals surface area contributed by atoms with Gasteiger partial charge in [-0.3, -0.25) is 0 Å². The standard InChI is InChI=1S/C16H30O/c1-17-16-14-12-10-8-6-4-2-3-5-7-9-11-13-15-16/h14H,2-13,15H2,1H3/b16-14+. The van der Waals surface area contributed by atoms with Crippen molar-refractivity contribution in [2.45, 2.75) is 83.5 Å². The SMILES string of the molecule is CO/C1=C/CCCCCCCCCCCCC1. The van der Waals surface area contributed by atoms with Crippen molar-refractivity contribution < 1.29 is 4.74 Å². The van der Waals surface area contributed by atoms with Gasteiger partial charge in [0.05, 0.1) is 12.9 Å². The van der Waals surface area contributed by atoms with E-state index >= 15 is 0 Å². The van der Waals surface area contributed by atoms with Crippen LogP contribution in [0, 0.1) is 0 Å². The number of hydrogen-bond donors (Lipinski definition) is 0. The van der Waals surface area contributed by atoms with Crippen molar-refractivity contribution in [1.82, 2.24) is 0 Å². The molecule has 0 saturated heterocycles. The highest BCUT2D eigenvalue weighted by atomic mass is 16.5. The number of ether oxygens (including phenoxy) is 1. The molecule has 0 spiro atoms. The summed E-state index contributed by atoms with van der Waals surface area (Å²) in [4.78, 5) is 0. The third-order valence-corrected chi connectivity index (χ3v) is 3.76. The lowest BCUT2D eigenvalue weighted by atomic mass is 10.1. The van der Waals surface area contributed by atoms with E-state index in [0.717, 1.165) is 6.42 Å². The monoisotopic (exact) mass is 238 g/mol. The average molecular weight is 238 g/mol. The Hall–Kier alpha value is -0.460. The maximum Gasteiger partial charge on any atom is 0.0915 e. The van der Waals surface area contributed by atoms with E-state index in [2.05, 4.69) is 6.08 Å². The Labute approximate surface area is 108 Å². The third-order valence-electron chi connectivity index (χ3n) is 3.76.